The second-order valence-corrected chi connectivity index (χ2v) is 19.5. The molecule has 0 aliphatic carbocycles. The summed E-state index contributed by atoms with van der Waals surface area (Å²) < 4.78 is 4.68. The number of para-hydroxylation sites is 2. The zero-order valence-corrected chi connectivity index (χ0v) is 39.6. The van der Waals surface area contributed by atoms with Gasteiger partial charge in [0.25, 0.3) is 0 Å². The van der Waals surface area contributed by atoms with E-state index in [2.05, 4.69) is 203 Å². The summed E-state index contributed by atoms with van der Waals surface area (Å²) in [5, 5.41) is 19.0. The van der Waals surface area contributed by atoms with E-state index in [0.717, 1.165) is 105 Å². The van der Waals surface area contributed by atoms with Gasteiger partial charge in [-0.25, -0.2) is 9.97 Å². The van der Waals surface area contributed by atoms with Gasteiger partial charge in [-0.2, -0.15) is 0 Å². The Morgan fingerprint density at radius 2 is 1.29 bits per heavy atom. The maximum atomic E-state index is 12.6. The Kier molecular flexibility index (Phi) is 9.16. The van der Waals surface area contributed by atoms with Crippen LogP contribution in [0.3, 0.4) is 0 Å². The van der Waals surface area contributed by atoms with Crippen molar-refractivity contribution in [3.8, 4) is 45.1 Å². The van der Waals surface area contributed by atoms with Crippen LogP contribution in [0.15, 0.2) is 146 Å². The van der Waals surface area contributed by atoms with E-state index in [4.69, 9.17) is 15.0 Å². The topological polar surface area (TPSA) is 68.2 Å². The zero-order valence-electron chi connectivity index (χ0n) is 37.4. The Hall–Kier alpha value is -6.88. The van der Waals surface area contributed by atoms with Gasteiger partial charge in [-0.1, -0.05) is 172 Å². The number of phenolic OH excluding ortho intramolecular Hbond substituents is 1. The fourth-order valence-electron chi connectivity index (χ4n) is 10.2. The third-order valence-electron chi connectivity index (χ3n) is 13.3. The Morgan fingerprint density at radius 3 is 2.06 bits per heavy atom. The Morgan fingerprint density at radius 1 is 0.585 bits per heavy atom. The van der Waals surface area contributed by atoms with E-state index in [-0.39, 0.29) is 37.6 Å². The molecule has 0 spiro atoms. The van der Waals surface area contributed by atoms with Gasteiger partial charge in [-0.15, -0.1) is 11.6 Å². The molecule has 7 heteroatoms. The molecule has 0 amide bonds. The van der Waals surface area contributed by atoms with Gasteiger partial charge in [0, 0.05) is 59.4 Å². The molecule has 320 valence electrons. The molecule has 8 aromatic carbocycles. The first-order chi connectivity index (χ1) is 30.9. The SMILES string of the molecule is Cc1ccc(-n2c(-c3cc(C(C)(C)C)cc(C(C)(C)C)c3O)nc3c(-c4[c-]c5c6ncnc7ccc8c9ccccc9n(c5c5ccccc45)c8c76)cccc32)c(-c2ccccc2)c1.[Pt]. The molecular formula is C58H46N5OPt-. The maximum Gasteiger partial charge on any atom is 0.148 e. The number of hydrogen-bond acceptors (Lipinski definition) is 4. The Balaban J connectivity index is 0.00000469. The van der Waals surface area contributed by atoms with Gasteiger partial charge in [-0.3, -0.25) is 9.55 Å². The Bertz CT molecular complexity index is 3890. The predicted molar refractivity (Wildman–Crippen MR) is 265 cm³/mol. The van der Waals surface area contributed by atoms with Gasteiger partial charge in [0.1, 0.15) is 17.9 Å². The van der Waals surface area contributed by atoms with E-state index < -0.39 is 0 Å². The molecule has 6 nitrogen and oxygen atoms in total. The molecule has 0 radical (unpaired) electrons. The average molecular weight is 1020 g/mol. The third kappa shape index (κ3) is 6.07. The number of aromatic nitrogens is 5. The first-order valence-electron chi connectivity index (χ1n) is 22.1. The number of benzene rings is 8. The van der Waals surface area contributed by atoms with Crippen LogP contribution in [-0.4, -0.2) is 29.0 Å². The van der Waals surface area contributed by atoms with E-state index in [9.17, 15) is 5.11 Å². The molecule has 1 N–H and O–H groups in total. The van der Waals surface area contributed by atoms with Crippen molar-refractivity contribution < 1.29 is 26.2 Å². The molecule has 0 bridgehead atoms. The standard InChI is InChI=1S/C58H46N5O.Pt/c1-33-24-27-48(41(28-33)34-16-9-8-10-17-34)62-49-23-15-21-38(51(49)61-56(62)44-29-35(57(2,3)4)30-45(55(44)64)58(5,6)7)42-31-43-52-50-46(59-32-60-52)26-25-40-37-19-13-14-22-47(37)63(54(40)50)53(43)39-20-12-11-18-36(39)42;/h8-30,32,64H,1-7H3;/q-1;. The summed E-state index contributed by atoms with van der Waals surface area (Å²) >= 11 is 0. The number of fused-ring (bicyclic) bond motifs is 9. The second-order valence-electron chi connectivity index (χ2n) is 19.5. The molecule has 4 heterocycles. The van der Waals surface area contributed by atoms with Crippen molar-refractivity contribution in [1.29, 1.82) is 0 Å². The minimum atomic E-state index is -0.334. The van der Waals surface area contributed by atoms with Crippen molar-refractivity contribution in [3.05, 3.63) is 169 Å². The van der Waals surface area contributed by atoms with Crippen LogP contribution in [0.25, 0.3) is 110 Å². The molecule has 65 heavy (non-hydrogen) atoms. The van der Waals surface area contributed by atoms with Gasteiger partial charge >= 0.3 is 0 Å². The van der Waals surface area contributed by atoms with E-state index in [1.165, 1.54) is 10.8 Å². The summed E-state index contributed by atoms with van der Waals surface area (Å²) in [6.07, 6.45) is 1.68. The first kappa shape index (κ1) is 40.9. The van der Waals surface area contributed by atoms with Crippen molar-refractivity contribution in [2.24, 2.45) is 0 Å². The first-order valence-corrected chi connectivity index (χ1v) is 22.1. The molecule has 0 unspecified atom stereocenters. The Labute approximate surface area is 391 Å². The van der Waals surface area contributed by atoms with Gasteiger partial charge in [-0.05, 0) is 70.8 Å². The van der Waals surface area contributed by atoms with Crippen LogP contribution in [0, 0.1) is 13.0 Å². The molecule has 0 aliphatic heterocycles. The normalized spacial score (nSPS) is 12.5. The summed E-state index contributed by atoms with van der Waals surface area (Å²) in [5.41, 5.74) is 15.2. The monoisotopic (exact) mass is 1020 g/mol. The van der Waals surface area contributed by atoms with E-state index in [0.29, 0.717) is 11.4 Å². The minimum Gasteiger partial charge on any atom is -0.507 e. The average Bonchev–Trinajstić information content (AvgIpc) is 3.85. The van der Waals surface area contributed by atoms with Crippen molar-refractivity contribution >= 4 is 70.9 Å². The number of rotatable bonds is 4. The molecular weight excluding hydrogens is 978 g/mol. The number of pyridine rings is 1. The van der Waals surface area contributed by atoms with Gasteiger partial charge in [0.15, 0.2) is 0 Å². The van der Waals surface area contributed by atoms with Crippen molar-refractivity contribution in [2.75, 3.05) is 0 Å². The van der Waals surface area contributed by atoms with Crippen LogP contribution in [-0.2, 0) is 31.9 Å². The zero-order chi connectivity index (χ0) is 43.8. The molecule has 0 fully saturated rings. The quantitative estimate of drug-likeness (QED) is 0.108. The van der Waals surface area contributed by atoms with Crippen molar-refractivity contribution in [1.82, 2.24) is 23.9 Å². The fourth-order valence-corrected chi connectivity index (χ4v) is 10.2. The molecule has 12 rings (SSSR count). The van der Waals surface area contributed by atoms with Gasteiger partial charge < -0.3 is 9.51 Å². The van der Waals surface area contributed by atoms with Crippen LogP contribution in [0.5, 0.6) is 5.75 Å². The van der Waals surface area contributed by atoms with Crippen molar-refractivity contribution in [3.63, 3.8) is 0 Å². The summed E-state index contributed by atoms with van der Waals surface area (Å²) in [6.45, 7) is 15.3. The number of aryl methyl sites for hydroxylation is 1. The molecule has 0 aliphatic rings. The number of hydrogen-bond donors (Lipinski definition) is 1. The van der Waals surface area contributed by atoms with Gasteiger partial charge in [0.2, 0.25) is 0 Å². The fraction of sp³-hybridized carbons (Fsp3) is 0.155. The van der Waals surface area contributed by atoms with Crippen LogP contribution >= 0.6 is 0 Å². The van der Waals surface area contributed by atoms with Crippen LogP contribution in [0.4, 0.5) is 0 Å². The number of nitrogens with zero attached hydrogens (tertiary/aromatic N) is 5. The maximum absolute atomic E-state index is 12.6. The van der Waals surface area contributed by atoms with E-state index in [1.807, 2.05) is 0 Å². The van der Waals surface area contributed by atoms with E-state index in [1.54, 1.807) is 6.33 Å². The smallest absolute Gasteiger partial charge is 0.148 e. The van der Waals surface area contributed by atoms with Crippen molar-refractivity contribution in [2.45, 2.75) is 59.3 Å². The minimum absolute atomic E-state index is 0. The van der Waals surface area contributed by atoms with Crippen LogP contribution < -0.4 is 0 Å². The third-order valence-corrected chi connectivity index (χ3v) is 13.3. The van der Waals surface area contributed by atoms with Crippen LogP contribution in [0.1, 0.15) is 58.2 Å². The summed E-state index contributed by atoms with van der Waals surface area (Å²) in [7, 11) is 0. The predicted octanol–water partition coefficient (Wildman–Crippen LogP) is 14.7. The van der Waals surface area contributed by atoms with Gasteiger partial charge in [0.05, 0.1) is 33.3 Å². The van der Waals surface area contributed by atoms with E-state index >= 15 is 0 Å². The molecule has 0 saturated heterocycles. The number of aromatic hydroxyl groups is 1. The largest absolute Gasteiger partial charge is 0.507 e. The molecule has 4 aromatic heterocycles. The summed E-state index contributed by atoms with van der Waals surface area (Å²) in [6, 6.07) is 53.6. The summed E-state index contributed by atoms with van der Waals surface area (Å²) in [5.74, 6) is 0.918. The molecule has 12 aromatic rings. The molecule has 0 saturated carbocycles. The second kappa shape index (κ2) is 14.6. The number of phenols is 1. The summed E-state index contributed by atoms with van der Waals surface area (Å²) in [4.78, 5) is 15.5. The molecule has 0 atom stereocenters. The van der Waals surface area contributed by atoms with Crippen LogP contribution in [0.2, 0.25) is 0 Å². The number of imidazole rings is 1.